The highest BCUT2D eigenvalue weighted by atomic mass is 32.2. The van der Waals surface area contributed by atoms with E-state index in [-0.39, 0.29) is 22.8 Å². The first-order chi connectivity index (χ1) is 14.8. The molecule has 0 radical (unpaired) electrons. The molecule has 1 saturated heterocycles. The summed E-state index contributed by atoms with van der Waals surface area (Å²) in [5.41, 5.74) is 1.24. The molecule has 0 spiro atoms. The van der Waals surface area contributed by atoms with Gasteiger partial charge in [0.2, 0.25) is 15.9 Å². The third-order valence-electron chi connectivity index (χ3n) is 5.87. The van der Waals surface area contributed by atoms with Crippen molar-refractivity contribution in [1.29, 1.82) is 0 Å². The molecule has 2 aromatic rings. The van der Waals surface area contributed by atoms with E-state index in [1.54, 1.807) is 24.3 Å². The summed E-state index contributed by atoms with van der Waals surface area (Å²) >= 11 is 0. The number of hydrogen-bond donors (Lipinski definition) is 1. The summed E-state index contributed by atoms with van der Waals surface area (Å²) in [6.07, 6.45) is 4.87. The van der Waals surface area contributed by atoms with Crippen LogP contribution < -0.4 is 10.1 Å². The van der Waals surface area contributed by atoms with Gasteiger partial charge in [0.05, 0.1) is 11.5 Å². The summed E-state index contributed by atoms with van der Waals surface area (Å²) in [5.74, 6) is 0.528. The Labute approximate surface area is 185 Å². The third-order valence-corrected chi connectivity index (χ3v) is 7.78. The molecule has 1 fully saturated rings. The van der Waals surface area contributed by atoms with Gasteiger partial charge in [-0.1, -0.05) is 0 Å². The van der Waals surface area contributed by atoms with Crippen LogP contribution in [0.3, 0.4) is 0 Å². The van der Waals surface area contributed by atoms with Crippen LogP contribution in [0.4, 0.5) is 0 Å². The highest BCUT2D eigenvalue weighted by Gasteiger charge is 2.32. The van der Waals surface area contributed by atoms with E-state index < -0.39 is 10.0 Å². The number of sulfonamides is 1. The molecule has 0 saturated carbocycles. The van der Waals surface area contributed by atoms with Crippen LogP contribution in [0.1, 0.15) is 38.8 Å². The van der Waals surface area contributed by atoms with Gasteiger partial charge in [0.25, 0.3) is 0 Å². The number of carbonyl (C=O) groups excluding carboxylic acids is 1. The predicted molar refractivity (Wildman–Crippen MR) is 120 cm³/mol. The van der Waals surface area contributed by atoms with E-state index in [9.17, 15) is 13.2 Å². The van der Waals surface area contributed by atoms with Gasteiger partial charge < -0.3 is 14.6 Å². The van der Waals surface area contributed by atoms with Crippen LogP contribution in [0, 0.1) is 5.92 Å². The zero-order valence-electron chi connectivity index (χ0n) is 18.6. The summed E-state index contributed by atoms with van der Waals surface area (Å²) in [5, 5.41) is 3.10. The number of ether oxygens (including phenoxy) is 1. The molecule has 3 rings (SSSR count). The maximum Gasteiger partial charge on any atom is 0.243 e. The number of aryl methyl sites for hydroxylation is 2. The minimum absolute atomic E-state index is 0.0255. The Hall–Kier alpha value is -2.32. The Morgan fingerprint density at radius 3 is 2.45 bits per heavy atom. The molecule has 1 aliphatic rings. The maximum absolute atomic E-state index is 12.9. The second kappa shape index (κ2) is 10.3. The quantitative estimate of drug-likeness (QED) is 0.641. The van der Waals surface area contributed by atoms with Crippen molar-refractivity contribution in [2.45, 2.75) is 50.5 Å². The molecule has 8 heteroatoms. The van der Waals surface area contributed by atoms with Crippen molar-refractivity contribution >= 4 is 15.9 Å². The van der Waals surface area contributed by atoms with E-state index in [0.29, 0.717) is 38.3 Å². The average molecular weight is 448 g/mol. The van der Waals surface area contributed by atoms with Gasteiger partial charge in [0.15, 0.2) is 0 Å². The van der Waals surface area contributed by atoms with Crippen molar-refractivity contribution in [3.63, 3.8) is 0 Å². The van der Waals surface area contributed by atoms with E-state index in [4.69, 9.17) is 4.74 Å². The summed E-state index contributed by atoms with van der Waals surface area (Å²) in [6, 6.07) is 10.7. The zero-order chi connectivity index (χ0) is 22.4. The lowest BCUT2D eigenvalue weighted by Crippen LogP contribution is -2.44. The minimum Gasteiger partial charge on any atom is -0.494 e. The van der Waals surface area contributed by atoms with E-state index in [0.717, 1.165) is 12.8 Å². The monoisotopic (exact) mass is 447 g/mol. The molecular formula is C23H33N3O4S. The minimum atomic E-state index is -3.56. The van der Waals surface area contributed by atoms with E-state index >= 15 is 0 Å². The van der Waals surface area contributed by atoms with Gasteiger partial charge in [-0.25, -0.2) is 8.42 Å². The number of nitrogens with one attached hydrogen (secondary N) is 1. The topological polar surface area (TPSA) is 80.6 Å². The summed E-state index contributed by atoms with van der Waals surface area (Å²) in [7, 11) is -1.54. The van der Waals surface area contributed by atoms with Gasteiger partial charge >= 0.3 is 0 Å². The fraction of sp³-hybridized carbons (Fsp3) is 0.522. The predicted octanol–water partition coefficient (Wildman–Crippen LogP) is 2.96. The number of rotatable bonds is 9. The highest BCUT2D eigenvalue weighted by Crippen LogP contribution is 2.25. The molecule has 7 nitrogen and oxygen atoms in total. The molecule has 1 aromatic carbocycles. The lowest BCUT2D eigenvalue weighted by Gasteiger charge is -2.31. The van der Waals surface area contributed by atoms with Crippen molar-refractivity contribution in [1.82, 2.24) is 14.2 Å². The van der Waals surface area contributed by atoms with Crippen LogP contribution in [0.15, 0.2) is 47.5 Å². The average Bonchev–Trinajstić information content (AvgIpc) is 3.17. The summed E-state index contributed by atoms with van der Waals surface area (Å²) in [4.78, 5) is 12.9. The summed E-state index contributed by atoms with van der Waals surface area (Å²) in [6.45, 7) is 5.14. The molecule has 1 atom stereocenters. The smallest absolute Gasteiger partial charge is 0.243 e. The van der Waals surface area contributed by atoms with Gasteiger partial charge in [-0.3, -0.25) is 4.79 Å². The molecule has 0 bridgehead atoms. The Bertz CT molecular complexity index is 961. The van der Waals surface area contributed by atoms with Crippen molar-refractivity contribution in [2.75, 3.05) is 19.7 Å². The number of carbonyl (C=O) groups is 1. The molecular weight excluding hydrogens is 414 g/mol. The van der Waals surface area contributed by atoms with Crippen molar-refractivity contribution < 1.29 is 17.9 Å². The second-order valence-corrected chi connectivity index (χ2v) is 10.1. The molecule has 31 heavy (non-hydrogen) atoms. The van der Waals surface area contributed by atoms with E-state index in [2.05, 4.69) is 16.0 Å². The Balaban J connectivity index is 1.48. The van der Waals surface area contributed by atoms with Crippen LogP contribution in [0.5, 0.6) is 5.75 Å². The lowest BCUT2D eigenvalue weighted by molar-refractivity contribution is -0.126. The number of amides is 1. The van der Waals surface area contributed by atoms with Crippen molar-refractivity contribution in [3.8, 4) is 5.75 Å². The van der Waals surface area contributed by atoms with Crippen LogP contribution in [-0.2, 0) is 28.3 Å². The van der Waals surface area contributed by atoms with E-state index in [1.165, 1.54) is 10.00 Å². The fourth-order valence-electron chi connectivity index (χ4n) is 3.94. The van der Waals surface area contributed by atoms with Gasteiger partial charge in [-0.2, -0.15) is 4.31 Å². The molecule has 0 aliphatic carbocycles. The first-order valence-corrected chi connectivity index (χ1v) is 12.4. The van der Waals surface area contributed by atoms with Gasteiger partial charge in [0.1, 0.15) is 5.75 Å². The summed E-state index contributed by atoms with van der Waals surface area (Å²) < 4.78 is 34.8. The Kier molecular flexibility index (Phi) is 7.78. The van der Waals surface area contributed by atoms with Gasteiger partial charge in [-0.15, -0.1) is 0 Å². The van der Waals surface area contributed by atoms with Crippen molar-refractivity contribution in [3.05, 3.63) is 48.3 Å². The van der Waals surface area contributed by atoms with E-state index in [1.807, 2.05) is 33.2 Å². The second-order valence-electron chi connectivity index (χ2n) is 8.14. The SMILES string of the molecule is CCOc1ccc(S(=O)(=O)N2CCC(C(=O)NC(C)CCc3cccn3C)CC2)cc1. The molecule has 1 N–H and O–H groups in total. The number of nitrogens with zero attached hydrogens (tertiary/aromatic N) is 2. The zero-order valence-corrected chi connectivity index (χ0v) is 19.4. The molecule has 2 heterocycles. The van der Waals surface area contributed by atoms with Crippen LogP contribution in [0.25, 0.3) is 0 Å². The fourth-order valence-corrected chi connectivity index (χ4v) is 5.41. The standard InChI is InChI=1S/C23H33N3O4S/c1-4-30-21-9-11-22(12-10-21)31(28,29)26-16-13-19(14-17-26)23(27)24-18(2)7-8-20-6-5-15-25(20)3/h5-6,9-12,15,18-19H,4,7-8,13-14,16-17H2,1-3H3,(H,24,27). The van der Waals surface area contributed by atoms with Crippen molar-refractivity contribution in [2.24, 2.45) is 13.0 Å². The molecule has 1 aromatic heterocycles. The van der Waals surface area contributed by atoms with Gasteiger partial charge in [0, 0.05) is 44.0 Å². The first-order valence-electron chi connectivity index (χ1n) is 10.9. The molecule has 1 aliphatic heterocycles. The van der Waals surface area contributed by atoms with Crippen LogP contribution >= 0.6 is 0 Å². The molecule has 1 unspecified atom stereocenters. The molecule has 1 amide bonds. The number of benzene rings is 1. The van der Waals surface area contributed by atoms with Crippen LogP contribution in [-0.4, -0.2) is 48.9 Å². The normalized spacial score (nSPS) is 16.7. The highest BCUT2D eigenvalue weighted by molar-refractivity contribution is 7.89. The van der Waals surface area contributed by atoms with Gasteiger partial charge in [-0.05, 0) is 75.9 Å². The first kappa shape index (κ1) is 23.3. The Morgan fingerprint density at radius 2 is 1.87 bits per heavy atom. The lowest BCUT2D eigenvalue weighted by atomic mass is 9.96. The number of hydrogen-bond acceptors (Lipinski definition) is 4. The Morgan fingerprint density at radius 1 is 1.19 bits per heavy atom. The van der Waals surface area contributed by atoms with Crippen LogP contribution in [0.2, 0.25) is 0 Å². The number of piperidine rings is 1. The number of aromatic nitrogens is 1. The molecule has 170 valence electrons. The maximum atomic E-state index is 12.9. The largest absolute Gasteiger partial charge is 0.494 e. The third kappa shape index (κ3) is 5.89.